The maximum Gasteiger partial charge on any atom is 0.573 e. The van der Waals surface area contributed by atoms with Gasteiger partial charge in [-0.05, 0) is 42.7 Å². The Kier molecular flexibility index (Phi) is 7.09. The highest BCUT2D eigenvalue weighted by Gasteiger charge is 2.36. The molecule has 172 valence electrons. The highest BCUT2D eigenvalue weighted by atomic mass is 19.4. The van der Waals surface area contributed by atoms with Crippen molar-refractivity contribution in [2.75, 3.05) is 17.2 Å². The lowest BCUT2D eigenvalue weighted by Crippen LogP contribution is -2.41. The third-order valence-corrected chi connectivity index (χ3v) is 5.59. The summed E-state index contributed by atoms with van der Waals surface area (Å²) in [7, 11) is 0. The van der Waals surface area contributed by atoms with Gasteiger partial charge < -0.3 is 20.5 Å². The number of aromatic nitrogens is 2. The van der Waals surface area contributed by atoms with E-state index in [2.05, 4.69) is 31.4 Å². The van der Waals surface area contributed by atoms with Crippen LogP contribution < -0.4 is 15.4 Å². The third kappa shape index (κ3) is 6.23. The van der Waals surface area contributed by atoms with Crippen molar-refractivity contribution in [3.05, 3.63) is 41.6 Å². The Balaban J connectivity index is 1.65. The van der Waals surface area contributed by atoms with Crippen LogP contribution in [0.25, 0.3) is 0 Å². The zero-order valence-corrected chi connectivity index (χ0v) is 17.9. The van der Waals surface area contributed by atoms with Gasteiger partial charge in [0.15, 0.2) is 0 Å². The summed E-state index contributed by atoms with van der Waals surface area (Å²) >= 11 is 0. The molecule has 0 amide bonds. The molecule has 10 heteroatoms. The number of halogens is 3. The number of ether oxygens (including phenoxy) is 1. The number of nitrogens with one attached hydrogen (secondary N) is 2. The van der Waals surface area contributed by atoms with Gasteiger partial charge in [0.2, 0.25) is 5.95 Å². The quantitative estimate of drug-likeness (QED) is 0.581. The number of rotatable bonds is 7. The number of nitriles is 1. The summed E-state index contributed by atoms with van der Waals surface area (Å²) in [4.78, 5) is 8.51. The minimum atomic E-state index is -4.76. The van der Waals surface area contributed by atoms with Crippen molar-refractivity contribution in [2.45, 2.75) is 58.0 Å². The Hall–Kier alpha value is -3.06. The molecule has 0 spiro atoms. The number of anilines is 2. The molecule has 7 nitrogen and oxygen atoms in total. The van der Waals surface area contributed by atoms with Crippen molar-refractivity contribution in [1.82, 2.24) is 9.97 Å². The Morgan fingerprint density at radius 3 is 2.72 bits per heavy atom. The molecule has 1 saturated carbocycles. The average Bonchev–Trinajstić information content (AvgIpc) is 2.71. The van der Waals surface area contributed by atoms with E-state index in [0.717, 1.165) is 12.8 Å². The van der Waals surface area contributed by atoms with E-state index in [1.54, 1.807) is 12.1 Å². The summed E-state index contributed by atoms with van der Waals surface area (Å²) in [5, 5.41) is 25.8. The number of hydrogen-bond donors (Lipinski definition) is 3. The van der Waals surface area contributed by atoms with Crippen LogP contribution in [0.4, 0.5) is 24.9 Å². The number of para-hydroxylation sites is 1. The Morgan fingerprint density at radius 2 is 2.03 bits per heavy atom. The first-order valence-electron chi connectivity index (χ1n) is 10.4. The van der Waals surface area contributed by atoms with Crippen molar-refractivity contribution in [3.63, 3.8) is 0 Å². The van der Waals surface area contributed by atoms with Gasteiger partial charge in [0, 0.05) is 12.6 Å². The molecule has 0 aliphatic heterocycles. The van der Waals surface area contributed by atoms with Gasteiger partial charge in [-0.15, -0.1) is 13.2 Å². The van der Waals surface area contributed by atoms with Crippen LogP contribution in [0.15, 0.2) is 30.5 Å². The van der Waals surface area contributed by atoms with E-state index in [1.165, 1.54) is 18.3 Å². The summed E-state index contributed by atoms with van der Waals surface area (Å²) in [6.45, 7) is 4.28. The number of nitrogens with zero attached hydrogens (tertiary/aromatic N) is 3. The van der Waals surface area contributed by atoms with E-state index in [1.807, 2.05) is 13.8 Å². The molecule has 3 rings (SSSR count). The monoisotopic (exact) mass is 449 g/mol. The predicted octanol–water partition coefficient (Wildman–Crippen LogP) is 4.25. The SMILES string of the molecule is CC1(C)C[C@H](Nc2nc(NCCc3ccccc3OC(F)(F)F)ncc2C#N)CC[C@@H]1O. The molecule has 2 aromatic rings. The molecule has 0 bridgehead atoms. The van der Waals surface area contributed by atoms with E-state index in [-0.39, 0.29) is 42.2 Å². The third-order valence-electron chi connectivity index (χ3n) is 5.59. The van der Waals surface area contributed by atoms with Crippen LogP contribution in [0.5, 0.6) is 5.75 Å². The van der Waals surface area contributed by atoms with Gasteiger partial charge in [-0.3, -0.25) is 0 Å². The fourth-order valence-corrected chi connectivity index (χ4v) is 3.84. The fraction of sp³-hybridized carbons (Fsp3) is 0.500. The van der Waals surface area contributed by atoms with Gasteiger partial charge in [0.1, 0.15) is 23.2 Å². The molecule has 1 fully saturated rings. The Morgan fingerprint density at radius 1 is 1.28 bits per heavy atom. The number of aliphatic hydroxyl groups excluding tert-OH is 1. The highest BCUT2D eigenvalue weighted by Crippen LogP contribution is 2.37. The van der Waals surface area contributed by atoms with Crippen molar-refractivity contribution in [1.29, 1.82) is 5.26 Å². The standard InChI is InChI=1S/C22H26F3N5O2/c1-21(2)11-16(7-8-18(21)31)29-19-15(12-26)13-28-20(30-19)27-10-9-14-5-3-4-6-17(14)32-22(23,24)25/h3-6,13,16,18,31H,7-11H2,1-2H3,(H2,27,28,29,30)/t16-,18+/m1/s1. The van der Waals surface area contributed by atoms with Crippen molar-refractivity contribution >= 4 is 11.8 Å². The van der Waals surface area contributed by atoms with Crippen molar-refractivity contribution < 1.29 is 23.0 Å². The van der Waals surface area contributed by atoms with E-state index in [4.69, 9.17) is 0 Å². The lowest BCUT2D eigenvalue weighted by Gasteiger charge is -2.40. The second-order valence-electron chi connectivity index (χ2n) is 8.53. The molecule has 2 atom stereocenters. The van der Waals surface area contributed by atoms with Gasteiger partial charge in [0.25, 0.3) is 0 Å². The van der Waals surface area contributed by atoms with E-state index in [0.29, 0.717) is 23.4 Å². The Bertz CT molecular complexity index is 975. The zero-order valence-electron chi connectivity index (χ0n) is 17.9. The maximum atomic E-state index is 12.6. The van der Waals surface area contributed by atoms with Crippen LogP contribution in [0.1, 0.15) is 44.2 Å². The summed E-state index contributed by atoms with van der Waals surface area (Å²) in [6, 6.07) is 8.07. The topological polar surface area (TPSA) is 103 Å². The molecular formula is C22H26F3N5O2. The number of alkyl halides is 3. The van der Waals surface area contributed by atoms with Gasteiger partial charge in [-0.2, -0.15) is 10.2 Å². The highest BCUT2D eigenvalue weighted by molar-refractivity contribution is 5.54. The summed E-state index contributed by atoms with van der Waals surface area (Å²) in [5.74, 6) is 0.408. The second-order valence-corrected chi connectivity index (χ2v) is 8.53. The zero-order chi connectivity index (χ0) is 23.4. The van der Waals surface area contributed by atoms with Gasteiger partial charge in [-0.1, -0.05) is 32.0 Å². The first-order chi connectivity index (χ1) is 15.1. The molecule has 1 aliphatic carbocycles. The average molecular weight is 449 g/mol. The maximum absolute atomic E-state index is 12.6. The van der Waals surface area contributed by atoms with Crippen LogP contribution in [0.2, 0.25) is 0 Å². The molecule has 1 aromatic heterocycles. The first kappa shape index (κ1) is 23.6. The second kappa shape index (κ2) is 9.61. The minimum absolute atomic E-state index is 0.0506. The molecule has 0 unspecified atom stereocenters. The van der Waals surface area contributed by atoms with Crippen LogP contribution in [-0.4, -0.2) is 40.1 Å². The smallest absolute Gasteiger partial charge is 0.406 e. The summed E-state index contributed by atoms with van der Waals surface area (Å²) < 4.78 is 41.8. The molecular weight excluding hydrogens is 423 g/mol. The number of benzene rings is 1. The molecule has 0 radical (unpaired) electrons. The molecule has 1 aliphatic rings. The first-order valence-corrected chi connectivity index (χ1v) is 10.4. The summed E-state index contributed by atoms with van der Waals surface area (Å²) in [6.07, 6.45) is -1.34. The molecule has 1 aromatic carbocycles. The minimum Gasteiger partial charge on any atom is -0.406 e. The van der Waals surface area contributed by atoms with Gasteiger partial charge >= 0.3 is 6.36 Å². The molecule has 1 heterocycles. The van der Waals surface area contributed by atoms with Crippen LogP contribution in [-0.2, 0) is 6.42 Å². The van der Waals surface area contributed by atoms with Gasteiger partial charge in [-0.25, -0.2) is 4.98 Å². The van der Waals surface area contributed by atoms with Crippen molar-refractivity contribution in [2.24, 2.45) is 5.41 Å². The lowest BCUT2D eigenvalue weighted by atomic mass is 9.73. The summed E-state index contributed by atoms with van der Waals surface area (Å²) in [5.41, 5.74) is 0.443. The van der Waals surface area contributed by atoms with E-state index in [9.17, 15) is 23.5 Å². The van der Waals surface area contributed by atoms with Crippen LogP contribution >= 0.6 is 0 Å². The lowest BCUT2D eigenvalue weighted by molar-refractivity contribution is -0.274. The van der Waals surface area contributed by atoms with Gasteiger partial charge in [0.05, 0.1) is 12.3 Å². The Labute approximate surface area is 184 Å². The molecule has 3 N–H and O–H groups in total. The largest absolute Gasteiger partial charge is 0.573 e. The number of hydrogen-bond acceptors (Lipinski definition) is 7. The fourth-order valence-electron chi connectivity index (χ4n) is 3.84. The van der Waals surface area contributed by atoms with E-state index < -0.39 is 6.36 Å². The molecule has 0 saturated heterocycles. The van der Waals surface area contributed by atoms with Crippen LogP contribution in [0, 0.1) is 16.7 Å². The predicted molar refractivity (Wildman–Crippen MR) is 113 cm³/mol. The van der Waals surface area contributed by atoms with E-state index >= 15 is 0 Å². The van der Waals surface area contributed by atoms with Crippen molar-refractivity contribution in [3.8, 4) is 11.8 Å². The number of aliphatic hydroxyl groups is 1. The van der Waals surface area contributed by atoms with Crippen LogP contribution in [0.3, 0.4) is 0 Å². The molecule has 32 heavy (non-hydrogen) atoms. The normalized spacial score (nSPS) is 20.3.